The Morgan fingerprint density at radius 2 is 1.92 bits per heavy atom. The monoisotopic (exact) mass is 522 g/mol. The van der Waals surface area contributed by atoms with Gasteiger partial charge in [0, 0.05) is 45.8 Å². The number of fused-ring (bicyclic) bond motifs is 3. The van der Waals surface area contributed by atoms with Crippen LogP contribution in [-0.2, 0) is 11.8 Å². The fourth-order valence-electron chi connectivity index (χ4n) is 7.26. The fraction of sp³-hybridized carbons (Fsp3) is 0.455. The number of nitrogens with zero attached hydrogens (tertiary/aromatic N) is 4. The molecule has 6 heteroatoms. The summed E-state index contributed by atoms with van der Waals surface area (Å²) in [5.74, 6) is 1.17. The summed E-state index contributed by atoms with van der Waals surface area (Å²) < 4.78 is 15.3. The molecule has 0 unspecified atom stereocenters. The molecular formula is C33H35FN4O. The average Bonchev–Trinajstić information content (AvgIpc) is 3.80. The summed E-state index contributed by atoms with van der Waals surface area (Å²) in [5.41, 5.74) is 5.09. The first-order chi connectivity index (χ1) is 19.0. The van der Waals surface area contributed by atoms with Crippen LogP contribution in [0.1, 0.15) is 88.1 Å². The molecule has 0 amide bonds. The van der Waals surface area contributed by atoms with E-state index in [9.17, 15) is 5.11 Å². The maximum Gasteiger partial charge on any atom is 0.203 e. The summed E-state index contributed by atoms with van der Waals surface area (Å²) in [6, 6.07) is 10.9. The first-order valence-corrected chi connectivity index (χ1v) is 14.4. The Morgan fingerprint density at radius 3 is 2.64 bits per heavy atom. The zero-order valence-electron chi connectivity index (χ0n) is 22.8. The fourth-order valence-corrected chi connectivity index (χ4v) is 7.26. The molecule has 0 spiro atoms. The largest absolute Gasteiger partial charge is 0.523 e. The smallest absolute Gasteiger partial charge is 0.203 e. The Morgan fingerprint density at radius 1 is 1.10 bits per heavy atom. The molecular weight excluding hydrogens is 487 g/mol. The summed E-state index contributed by atoms with van der Waals surface area (Å²) >= 11 is 0. The number of hydrogen-bond donors (Lipinski definition) is 1. The minimum absolute atomic E-state index is 0.0646. The lowest BCUT2D eigenvalue weighted by atomic mass is 9.54. The van der Waals surface area contributed by atoms with E-state index in [0.29, 0.717) is 35.1 Å². The molecule has 1 fully saturated rings. The second-order valence-corrected chi connectivity index (χ2v) is 11.5. The summed E-state index contributed by atoms with van der Waals surface area (Å²) in [4.78, 5) is 18.8. The highest BCUT2D eigenvalue weighted by Crippen LogP contribution is 2.57. The highest BCUT2D eigenvalue weighted by molar-refractivity contribution is 5.70. The molecule has 5 nitrogen and oxygen atoms in total. The predicted molar refractivity (Wildman–Crippen MR) is 150 cm³/mol. The van der Waals surface area contributed by atoms with Gasteiger partial charge in [0.05, 0.1) is 23.7 Å². The average molecular weight is 523 g/mol. The molecule has 0 aliphatic heterocycles. The minimum atomic E-state index is -0.404. The van der Waals surface area contributed by atoms with Gasteiger partial charge in [0.2, 0.25) is 5.70 Å². The van der Waals surface area contributed by atoms with Gasteiger partial charge in [-0.25, -0.2) is 19.2 Å². The maximum absolute atomic E-state index is 15.3. The van der Waals surface area contributed by atoms with E-state index in [1.54, 1.807) is 12.1 Å². The van der Waals surface area contributed by atoms with E-state index < -0.39 is 5.41 Å². The molecule has 3 aromatic rings. The molecule has 0 radical (unpaired) electrons. The molecule has 200 valence electrons. The first-order valence-electron chi connectivity index (χ1n) is 14.4. The second kappa shape index (κ2) is 10.2. The molecule has 3 aliphatic carbocycles. The second-order valence-electron chi connectivity index (χ2n) is 11.5. The topological polar surface area (TPSA) is 63.3 Å². The normalized spacial score (nSPS) is 24.2. The molecule has 3 atom stereocenters. The van der Waals surface area contributed by atoms with E-state index in [1.807, 2.05) is 18.3 Å². The van der Waals surface area contributed by atoms with Crippen molar-refractivity contribution in [3.8, 4) is 22.6 Å². The Balaban J connectivity index is 1.62. The lowest BCUT2D eigenvalue weighted by molar-refractivity contribution is 0.0976. The van der Waals surface area contributed by atoms with Crippen LogP contribution in [0.2, 0.25) is 0 Å². The minimum Gasteiger partial charge on any atom is -0.523 e. The van der Waals surface area contributed by atoms with Gasteiger partial charge in [0.1, 0.15) is 5.82 Å². The van der Waals surface area contributed by atoms with Crippen molar-refractivity contribution >= 4 is 0 Å². The van der Waals surface area contributed by atoms with Crippen molar-refractivity contribution in [1.29, 1.82) is 0 Å². The van der Waals surface area contributed by atoms with E-state index >= 15 is 4.39 Å². The number of aromatic nitrogens is 3. The predicted octanol–water partition coefficient (Wildman–Crippen LogP) is 8.33. The number of aliphatic hydroxyl groups excluding tert-OH is 1. The molecule has 2 heterocycles. The van der Waals surface area contributed by atoms with Gasteiger partial charge in [-0.15, -0.1) is 0 Å². The number of halogens is 1. The van der Waals surface area contributed by atoms with E-state index in [2.05, 4.69) is 29.7 Å². The first kappa shape index (κ1) is 25.7. The molecule has 0 saturated heterocycles. The molecule has 1 aromatic carbocycles. The molecule has 39 heavy (non-hydrogen) atoms. The van der Waals surface area contributed by atoms with E-state index in [0.717, 1.165) is 73.9 Å². The van der Waals surface area contributed by atoms with Crippen LogP contribution in [0.15, 0.2) is 54.1 Å². The Hall–Kier alpha value is -3.59. The van der Waals surface area contributed by atoms with Crippen LogP contribution in [0.4, 0.5) is 4.39 Å². The Kier molecular flexibility index (Phi) is 6.71. The highest BCUT2D eigenvalue weighted by atomic mass is 19.1. The van der Waals surface area contributed by atoms with Crippen LogP contribution in [0.3, 0.4) is 0 Å². The van der Waals surface area contributed by atoms with Crippen molar-refractivity contribution in [3.05, 3.63) is 88.2 Å². The zero-order valence-corrected chi connectivity index (χ0v) is 22.8. The summed E-state index contributed by atoms with van der Waals surface area (Å²) in [6.45, 7) is 12.2. The number of benzene rings is 1. The Labute approximate surface area is 230 Å². The van der Waals surface area contributed by atoms with Crippen LogP contribution in [0.5, 0.6) is 0 Å². The summed E-state index contributed by atoms with van der Waals surface area (Å²) in [5, 5.41) is 11.2. The van der Waals surface area contributed by atoms with Crippen molar-refractivity contribution in [2.75, 3.05) is 0 Å². The molecule has 0 bridgehead atoms. The van der Waals surface area contributed by atoms with Crippen molar-refractivity contribution in [3.63, 3.8) is 0 Å². The van der Waals surface area contributed by atoms with Crippen LogP contribution in [0, 0.1) is 24.2 Å². The highest BCUT2D eigenvalue weighted by Gasteiger charge is 2.53. The van der Waals surface area contributed by atoms with E-state index in [1.165, 1.54) is 6.07 Å². The number of allylic oxidation sites excluding steroid dienone is 2. The number of rotatable bonds is 7. The lowest BCUT2D eigenvalue weighted by Gasteiger charge is -2.51. The van der Waals surface area contributed by atoms with E-state index in [-0.39, 0.29) is 23.4 Å². The van der Waals surface area contributed by atoms with Crippen LogP contribution in [0.25, 0.3) is 27.5 Å². The van der Waals surface area contributed by atoms with Crippen molar-refractivity contribution in [1.82, 2.24) is 15.0 Å². The quantitative estimate of drug-likeness (QED) is 0.317. The Bertz CT molecular complexity index is 1490. The number of hydrogen-bond acceptors (Lipinski definition) is 4. The molecule has 3 aliphatic rings. The third kappa shape index (κ3) is 4.33. The third-order valence-corrected chi connectivity index (χ3v) is 9.10. The number of aliphatic hydroxyl groups is 1. The van der Waals surface area contributed by atoms with Crippen LogP contribution < -0.4 is 0 Å². The standard InChI is InChI=1S/C33H35FN4O/c1-4-8-22-25-14-13-24-29(23-9-6-7-10-26(23)34)37-32(21-15-17-36-27(18-21)20-11-12-20)38-31(24)33(25,16-5-2)19-28(35-3)30(22)39/h6-7,9-10,15,17-18,20,22,25,39H,4-5,8,11-14,16,19H2,1-2H3/t22-,25-,33-/m1/s1. The van der Waals surface area contributed by atoms with Gasteiger partial charge in [-0.2, -0.15) is 0 Å². The maximum atomic E-state index is 15.3. The van der Waals surface area contributed by atoms with Gasteiger partial charge < -0.3 is 5.11 Å². The van der Waals surface area contributed by atoms with Gasteiger partial charge in [-0.3, -0.25) is 4.98 Å². The molecule has 1 saturated carbocycles. The molecule has 6 rings (SSSR count). The third-order valence-electron chi connectivity index (χ3n) is 9.10. The zero-order chi connectivity index (χ0) is 27.1. The van der Waals surface area contributed by atoms with Gasteiger partial charge >= 0.3 is 0 Å². The van der Waals surface area contributed by atoms with Crippen molar-refractivity contribution < 1.29 is 9.50 Å². The van der Waals surface area contributed by atoms with Gasteiger partial charge in [-0.1, -0.05) is 38.8 Å². The number of pyridine rings is 1. The summed E-state index contributed by atoms with van der Waals surface area (Å²) in [7, 11) is 0. The molecule has 2 aromatic heterocycles. The van der Waals surface area contributed by atoms with Gasteiger partial charge in [0.15, 0.2) is 5.82 Å². The van der Waals surface area contributed by atoms with E-state index in [4.69, 9.17) is 16.5 Å². The van der Waals surface area contributed by atoms with Crippen molar-refractivity contribution in [2.45, 2.75) is 83.0 Å². The van der Waals surface area contributed by atoms with Crippen molar-refractivity contribution in [2.24, 2.45) is 11.8 Å². The van der Waals surface area contributed by atoms with Gasteiger partial charge in [0.25, 0.3) is 0 Å². The van der Waals surface area contributed by atoms with Gasteiger partial charge in [-0.05, 0) is 75.1 Å². The summed E-state index contributed by atoms with van der Waals surface area (Å²) in [6.07, 6.45) is 9.72. The SMILES string of the molecule is [C-]#[N+]C1=C(O)[C@H](CCC)[C@H]2CCc3c(-c4ccccc4F)nc(-c4ccnc(C5CC5)c4)nc3[C@]2(CCC)C1. The van der Waals surface area contributed by atoms with Crippen LogP contribution in [-0.4, -0.2) is 20.1 Å². The van der Waals surface area contributed by atoms with Crippen LogP contribution >= 0.6 is 0 Å². The lowest BCUT2D eigenvalue weighted by Crippen LogP contribution is -2.48. The molecule has 1 N–H and O–H groups in total.